The second-order valence-corrected chi connectivity index (χ2v) is 6.20. The summed E-state index contributed by atoms with van der Waals surface area (Å²) in [5.74, 6) is -1.34. The Balaban J connectivity index is 1.60. The Morgan fingerprint density at radius 1 is 1.11 bits per heavy atom. The van der Waals surface area contributed by atoms with Crippen LogP contribution in [0.5, 0.6) is 5.75 Å². The van der Waals surface area contributed by atoms with Gasteiger partial charge in [0.2, 0.25) is 5.78 Å². The van der Waals surface area contributed by atoms with E-state index in [-0.39, 0.29) is 5.56 Å². The van der Waals surface area contributed by atoms with Crippen LogP contribution in [0.4, 0.5) is 4.39 Å². The fourth-order valence-electron chi connectivity index (χ4n) is 2.67. The Kier molecular flexibility index (Phi) is 5.54. The van der Waals surface area contributed by atoms with Crippen molar-refractivity contribution >= 4 is 22.7 Å². The summed E-state index contributed by atoms with van der Waals surface area (Å²) in [5, 5.41) is 0.757. The molecule has 7 heteroatoms. The van der Waals surface area contributed by atoms with E-state index in [0.29, 0.717) is 11.3 Å². The van der Waals surface area contributed by atoms with Gasteiger partial charge in [0.25, 0.3) is 0 Å². The highest BCUT2D eigenvalue weighted by Gasteiger charge is 2.20. The molecule has 0 N–H and O–H groups in total. The van der Waals surface area contributed by atoms with E-state index >= 15 is 0 Å². The number of hydrogen-bond donors (Lipinski definition) is 0. The van der Waals surface area contributed by atoms with E-state index in [2.05, 4.69) is 0 Å². The van der Waals surface area contributed by atoms with Crippen LogP contribution in [-0.2, 0) is 9.53 Å². The first-order valence-electron chi connectivity index (χ1n) is 8.50. The molecular formula is C21H17FO6. The highest BCUT2D eigenvalue weighted by atomic mass is 19.1. The number of Topliss-reactive ketones (excluding diaryl/α,β-unsaturated/α-hetero) is 1. The number of esters is 1. The minimum absolute atomic E-state index is 0.238. The Bertz CT molecular complexity index is 1080. The van der Waals surface area contributed by atoms with Crippen LogP contribution in [0.3, 0.4) is 0 Å². The number of halogens is 1. The molecule has 3 rings (SSSR count). The lowest BCUT2D eigenvalue weighted by atomic mass is 10.1. The molecule has 0 spiro atoms. The first-order chi connectivity index (χ1) is 13.3. The van der Waals surface area contributed by atoms with Gasteiger partial charge >= 0.3 is 11.6 Å². The fraction of sp³-hybridized carbons (Fsp3) is 0.190. The van der Waals surface area contributed by atoms with Crippen molar-refractivity contribution in [1.29, 1.82) is 0 Å². The molecule has 3 aromatic rings. The molecule has 0 aliphatic carbocycles. The first kappa shape index (κ1) is 19.3. The predicted octanol–water partition coefficient (Wildman–Crippen LogP) is 3.43. The highest BCUT2D eigenvalue weighted by molar-refractivity contribution is 6.00. The third-order valence-electron chi connectivity index (χ3n) is 4.09. The number of aryl methyl sites for hydroxylation is 1. The van der Waals surface area contributed by atoms with Crippen molar-refractivity contribution in [3.05, 3.63) is 75.9 Å². The van der Waals surface area contributed by atoms with E-state index < -0.39 is 35.9 Å². The number of ether oxygens (including phenoxy) is 2. The lowest BCUT2D eigenvalue weighted by molar-refractivity contribution is -0.148. The maximum Gasteiger partial charge on any atom is 0.344 e. The van der Waals surface area contributed by atoms with Crippen molar-refractivity contribution in [3.8, 4) is 5.75 Å². The van der Waals surface area contributed by atoms with Gasteiger partial charge in [0.05, 0.1) is 0 Å². The van der Waals surface area contributed by atoms with Crippen molar-refractivity contribution < 1.29 is 27.9 Å². The highest BCUT2D eigenvalue weighted by Crippen LogP contribution is 2.22. The zero-order valence-corrected chi connectivity index (χ0v) is 15.2. The van der Waals surface area contributed by atoms with Gasteiger partial charge < -0.3 is 13.9 Å². The van der Waals surface area contributed by atoms with E-state index in [9.17, 15) is 18.8 Å². The molecule has 1 atom stereocenters. The van der Waals surface area contributed by atoms with Gasteiger partial charge in [-0.3, -0.25) is 4.79 Å². The Morgan fingerprint density at radius 3 is 2.54 bits per heavy atom. The molecule has 0 aliphatic rings. The summed E-state index contributed by atoms with van der Waals surface area (Å²) in [7, 11) is 0. The van der Waals surface area contributed by atoms with Crippen LogP contribution in [-0.4, -0.2) is 24.5 Å². The monoisotopic (exact) mass is 384 g/mol. The zero-order chi connectivity index (χ0) is 20.3. The molecule has 0 aliphatic heterocycles. The standard InChI is InChI=1S/C21H17FO6/c1-12-9-19(23)28-18-10-16(7-8-17(12)18)26-11-20(24)27-13(2)21(25)14-3-5-15(22)6-4-14/h3-10,13H,11H2,1-2H3/t13-/m0/s1. The van der Waals surface area contributed by atoms with Crippen LogP contribution in [0.15, 0.2) is 57.7 Å². The average molecular weight is 384 g/mol. The van der Waals surface area contributed by atoms with E-state index in [0.717, 1.165) is 23.1 Å². The summed E-state index contributed by atoms with van der Waals surface area (Å²) in [4.78, 5) is 35.6. The molecule has 0 radical (unpaired) electrons. The van der Waals surface area contributed by atoms with Crippen LogP contribution in [0, 0.1) is 12.7 Å². The maximum atomic E-state index is 12.9. The molecule has 28 heavy (non-hydrogen) atoms. The molecule has 2 aromatic carbocycles. The van der Waals surface area contributed by atoms with E-state index in [1.54, 1.807) is 19.1 Å². The van der Waals surface area contributed by atoms with E-state index in [4.69, 9.17) is 13.9 Å². The molecule has 0 bridgehead atoms. The van der Waals surface area contributed by atoms with Crippen LogP contribution in [0.25, 0.3) is 11.0 Å². The number of carbonyl (C=O) groups is 2. The van der Waals surface area contributed by atoms with Gasteiger partial charge in [-0.25, -0.2) is 14.0 Å². The lowest BCUT2D eigenvalue weighted by Gasteiger charge is -2.13. The second-order valence-electron chi connectivity index (χ2n) is 6.20. The van der Waals surface area contributed by atoms with Crippen LogP contribution in [0.1, 0.15) is 22.8 Å². The Morgan fingerprint density at radius 2 is 1.82 bits per heavy atom. The van der Waals surface area contributed by atoms with Crippen LogP contribution in [0.2, 0.25) is 0 Å². The molecule has 1 aromatic heterocycles. The smallest absolute Gasteiger partial charge is 0.344 e. The average Bonchev–Trinajstić information content (AvgIpc) is 2.66. The SMILES string of the molecule is Cc1cc(=O)oc2cc(OCC(=O)O[C@@H](C)C(=O)c3ccc(F)cc3)ccc12. The molecule has 0 saturated carbocycles. The number of fused-ring (bicyclic) bond motifs is 1. The maximum absolute atomic E-state index is 12.9. The molecule has 144 valence electrons. The van der Waals surface area contributed by atoms with Crippen molar-refractivity contribution in [2.45, 2.75) is 20.0 Å². The number of hydrogen-bond acceptors (Lipinski definition) is 6. The number of rotatable bonds is 6. The summed E-state index contributed by atoms with van der Waals surface area (Å²) < 4.78 is 28.5. The first-order valence-corrected chi connectivity index (χ1v) is 8.50. The van der Waals surface area contributed by atoms with E-state index in [1.807, 2.05) is 0 Å². The number of ketones is 1. The molecule has 6 nitrogen and oxygen atoms in total. The number of carbonyl (C=O) groups excluding carboxylic acids is 2. The predicted molar refractivity (Wildman–Crippen MR) is 99.0 cm³/mol. The van der Waals surface area contributed by atoms with Gasteiger partial charge in [-0.2, -0.15) is 0 Å². The quantitative estimate of drug-likeness (QED) is 0.368. The van der Waals surface area contributed by atoms with Gasteiger partial charge in [-0.15, -0.1) is 0 Å². The second kappa shape index (κ2) is 8.04. The van der Waals surface area contributed by atoms with Crippen LogP contribution < -0.4 is 10.4 Å². The van der Waals surface area contributed by atoms with Crippen molar-refractivity contribution in [3.63, 3.8) is 0 Å². The van der Waals surface area contributed by atoms with Gasteiger partial charge in [-0.05, 0) is 55.8 Å². The Labute approximate surface area is 159 Å². The van der Waals surface area contributed by atoms with Gasteiger partial charge in [0, 0.05) is 23.1 Å². The zero-order valence-electron chi connectivity index (χ0n) is 15.2. The lowest BCUT2D eigenvalue weighted by Crippen LogP contribution is -2.27. The minimum atomic E-state index is -1.04. The van der Waals surface area contributed by atoms with Crippen molar-refractivity contribution in [1.82, 2.24) is 0 Å². The molecule has 0 unspecified atom stereocenters. The van der Waals surface area contributed by atoms with Gasteiger partial charge in [0.1, 0.15) is 17.1 Å². The summed E-state index contributed by atoms with van der Waals surface area (Å²) in [6, 6.07) is 11.2. The molecule has 1 heterocycles. The third-order valence-corrected chi connectivity index (χ3v) is 4.09. The molecule has 0 saturated heterocycles. The van der Waals surface area contributed by atoms with Gasteiger partial charge in [0.15, 0.2) is 12.7 Å². The largest absolute Gasteiger partial charge is 0.482 e. The topological polar surface area (TPSA) is 82.8 Å². The minimum Gasteiger partial charge on any atom is -0.482 e. The third kappa shape index (κ3) is 4.43. The molecular weight excluding hydrogens is 367 g/mol. The van der Waals surface area contributed by atoms with E-state index in [1.165, 1.54) is 31.2 Å². The normalized spacial score (nSPS) is 11.8. The van der Waals surface area contributed by atoms with Crippen molar-refractivity contribution in [2.24, 2.45) is 0 Å². The summed E-state index contributed by atoms with van der Waals surface area (Å²) >= 11 is 0. The van der Waals surface area contributed by atoms with Gasteiger partial charge in [-0.1, -0.05) is 0 Å². The van der Waals surface area contributed by atoms with Crippen LogP contribution >= 0.6 is 0 Å². The number of benzene rings is 2. The molecule has 0 amide bonds. The fourth-order valence-corrected chi connectivity index (χ4v) is 2.67. The Hall–Kier alpha value is -3.48. The summed E-state index contributed by atoms with van der Waals surface area (Å²) in [5.41, 5.74) is 0.873. The summed E-state index contributed by atoms with van der Waals surface area (Å²) in [6.45, 7) is 2.79. The van der Waals surface area contributed by atoms with Crippen molar-refractivity contribution in [2.75, 3.05) is 6.61 Å². The molecule has 0 fully saturated rings. The summed E-state index contributed by atoms with van der Waals surface area (Å²) in [6.07, 6.45) is -1.04.